The highest BCUT2D eigenvalue weighted by Gasteiger charge is 2.06. The van der Waals surface area contributed by atoms with E-state index in [0.29, 0.717) is 13.1 Å². The molecule has 2 amide bonds. The first-order chi connectivity index (χ1) is 14.6. The van der Waals surface area contributed by atoms with Crippen LogP contribution in [0.25, 0.3) is 0 Å². The van der Waals surface area contributed by atoms with E-state index in [1.165, 1.54) is 51.2 Å². The summed E-state index contributed by atoms with van der Waals surface area (Å²) in [5, 5.41) is 13.1. The van der Waals surface area contributed by atoms with E-state index < -0.39 is 0 Å². The van der Waals surface area contributed by atoms with Gasteiger partial charge < -0.3 is 22.1 Å². The number of carbonyl (C=O) groups excluding carboxylic acids is 2. The van der Waals surface area contributed by atoms with Crippen LogP contribution in [0.2, 0.25) is 0 Å². The monoisotopic (exact) mass is 420 g/mol. The molecule has 0 saturated carbocycles. The van der Waals surface area contributed by atoms with Gasteiger partial charge in [0.05, 0.1) is 0 Å². The van der Waals surface area contributed by atoms with Crippen LogP contribution < -0.4 is 22.1 Å². The summed E-state index contributed by atoms with van der Waals surface area (Å²) in [7, 11) is 0. The summed E-state index contributed by atoms with van der Waals surface area (Å²) in [6, 6.07) is -0.608. The fraction of sp³-hybridized carbons (Fsp3) is 0.667. The average molecular weight is 421 g/mol. The lowest BCUT2D eigenvalue weighted by Crippen LogP contribution is -2.29. The fourth-order valence-corrected chi connectivity index (χ4v) is 2.96. The number of hydrogen-bond acceptors (Lipinski definition) is 8. The van der Waals surface area contributed by atoms with E-state index >= 15 is 0 Å². The highest BCUT2D eigenvalue weighted by Crippen LogP contribution is 2.10. The van der Waals surface area contributed by atoms with Crippen LogP contribution in [0.1, 0.15) is 64.2 Å². The molecule has 0 unspecified atom stereocenters. The van der Waals surface area contributed by atoms with Gasteiger partial charge in [-0.3, -0.25) is 0 Å². The van der Waals surface area contributed by atoms with Crippen molar-refractivity contribution in [3.05, 3.63) is 12.7 Å². The lowest BCUT2D eigenvalue weighted by molar-refractivity contribution is 0.238. The van der Waals surface area contributed by atoms with E-state index in [1.807, 2.05) is 0 Å². The van der Waals surface area contributed by atoms with Crippen molar-refractivity contribution < 1.29 is 9.59 Å². The number of amides is 2. The van der Waals surface area contributed by atoms with Gasteiger partial charge in [-0.25, -0.2) is 19.6 Å². The molecular formula is C18H32N10O2. The van der Waals surface area contributed by atoms with Crippen LogP contribution in [0.5, 0.6) is 0 Å². The Hall–Kier alpha value is -3.18. The zero-order valence-electron chi connectivity index (χ0n) is 17.3. The first-order valence-corrected chi connectivity index (χ1v) is 10.5. The molecule has 0 saturated heterocycles. The standard InChI is InChI=1S/C18H32N10O2/c19-15-23-13-27(25-15)17(29)21-11-9-7-5-3-1-2-4-6-8-10-12-22-18(30)28-14-24-16(20)26-28/h13-14H,1-12H2,(H2,19,25)(H2,20,26)(H,21,29)(H,22,30). The molecule has 0 spiro atoms. The third kappa shape index (κ3) is 8.88. The Morgan fingerprint density at radius 1 is 0.667 bits per heavy atom. The van der Waals surface area contributed by atoms with Crippen molar-refractivity contribution in [3.8, 4) is 0 Å². The van der Waals surface area contributed by atoms with E-state index in [2.05, 4.69) is 30.8 Å². The smallest absolute Gasteiger partial charge is 0.343 e. The minimum Gasteiger partial charge on any atom is -0.366 e. The molecule has 12 heteroatoms. The average Bonchev–Trinajstić information content (AvgIpc) is 3.36. The van der Waals surface area contributed by atoms with E-state index in [4.69, 9.17) is 11.5 Å². The number of nitrogens with one attached hydrogen (secondary N) is 2. The van der Waals surface area contributed by atoms with E-state index in [-0.39, 0.29) is 24.0 Å². The number of nitrogens with zero attached hydrogens (tertiary/aromatic N) is 6. The first kappa shape index (κ1) is 23.1. The highest BCUT2D eigenvalue weighted by molar-refractivity contribution is 5.75. The molecule has 6 N–H and O–H groups in total. The molecule has 0 aromatic carbocycles. The lowest BCUT2D eigenvalue weighted by atomic mass is 10.1. The molecule has 0 aliphatic rings. The largest absolute Gasteiger partial charge is 0.366 e. The number of anilines is 2. The normalized spacial score (nSPS) is 10.8. The maximum absolute atomic E-state index is 11.7. The van der Waals surface area contributed by atoms with Gasteiger partial charge in [-0.15, -0.1) is 10.2 Å². The second-order valence-corrected chi connectivity index (χ2v) is 7.09. The molecule has 0 aliphatic heterocycles. The summed E-state index contributed by atoms with van der Waals surface area (Å²) in [5.41, 5.74) is 10.8. The fourth-order valence-electron chi connectivity index (χ4n) is 2.96. The molecule has 0 bridgehead atoms. The Bertz CT molecular complexity index is 708. The van der Waals surface area contributed by atoms with Gasteiger partial charge in [0.2, 0.25) is 11.9 Å². The summed E-state index contributed by atoms with van der Waals surface area (Å²) in [6.07, 6.45) is 13.9. The van der Waals surface area contributed by atoms with Crippen molar-refractivity contribution in [2.45, 2.75) is 64.2 Å². The Morgan fingerprint density at radius 2 is 1.00 bits per heavy atom. The summed E-state index contributed by atoms with van der Waals surface area (Å²) in [6.45, 7) is 1.25. The zero-order chi connectivity index (χ0) is 21.6. The maximum atomic E-state index is 11.7. The van der Waals surface area contributed by atoms with Crippen molar-refractivity contribution >= 4 is 24.0 Å². The molecule has 2 heterocycles. The highest BCUT2D eigenvalue weighted by atomic mass is 16.2. The van der Waals surface area contributed by atoms with Crippen LogP contribution in [-0.4, -0.2) is 54.7 Å². The Balaban J connectivity index is 1.32. The van der Waals surface area contributed by atoms with Crippen LogP contribution in [-0.2, 0) is 0 Å². The van der Waals surface area contributed by atoms with Crippen molar-refractivity contribution in [3.63, 3.8) is 0 Å². The van der Waals surface area contributed by atoms with Gasteiger partial charge in [-0.1, -0.05) is 51.4 Å². The number of nitrogens with two attached hydrogens (primary N) is 2. The summed E-state index contributed by atoms with van der Waals surface area (Å²) >= 11 is 0. The number of aromatic nitrogens is 6. The zero-order valence-corrected chi connectivity index (χ0v) is 17.3. The molecule has 2 aromatic rings. The van der Waals surface area contributed by atoms with Crippen molar-refractivity contribution in [2.24, 2.45) is 0 Å². The van der Waals surface area contributed by atoms with Crippen LogP contribution in [0.4, 0.5) is 21.5 Å². The predicted molar refractivity (Wildman–Crippen MR) is 113 cm³/mol. The van der Waals surface area contributed by atoms with Crippen molar-refractivity contribution in [1.82, 2.24) is 40.2 Å². The summed E-state index contributed by atoms with van der Waals surface area (Å²) < 4.78 is 2.22. The second-order valence-electron chi connectivity index (χ2n) is 7.09. The van der Waals surface area contributed by atoms with Crippen LogP contribution in [0, 0.1) is 0 Å². The maximum Gasteiger partial charge on any atom is 0.343 e. The number of nitrogen functional groups attached to an aromatic ring is 2. The molecule has 0 fully saturated rings. The molecule has 2 aromatic heterocycles. The quantitative estimate of drug-likeness (QED) is 0.355. The molecule has 0 aliphatic carbocycles. The molecule has 2 rings (SSSR count). The van der Waals surface area contributed by atoms with E-state index in [1.54, 1.807) is 0 Å². The van der Waals surface area contributed by atoms with Gasteiger partial charge in [0, 0.05) is 13.1 Å². The van der Waals surface area contributed by atoms with Gasteiger partial charge in [-0.2, -0.15) is 9.36 Å². The Morgan fingerprint density at radius 3 is 1.30 bits per heavy atom. The van der Waals surface area contributed by atoms with Crippen molar-refractivity contribution in [1.29, 1.82) is 0 Å². The molecule has 30 heavy (non-hydrogen) atoms. The predicted octanol–water partition coefficient (Wildman–Crippen LogP) is 1.75. The first-order valence-electron chi connectivity index (χ1n) is 10.5. The topological polar surface area (TPSA) is 172 Å². The van der Waals surface area contributed by atoms with Gasteiger partial charge in [0.15, 0.2) is 0 Å². The summed E-state index contributed by atoms with van der Waals surface area (Å²) in [4.78, 5) is 30.9. The van der Waals surface area contributed by atoms with Gasteiger partial charge >= 0.3 is 12.1 Å². The Labute approximate surface area is 175 Å². The van der Waals surface area contributed by atoms with Crippen LogP contribution >= 0.6 is 0 Å². The number of hydrogen-bond donors (Lipinski definition) is 4. The molecule has 166 valence electrons. The van der Waals surface area contributed by atoms with E-state index in [9.17, 15) is 9.59 Å². The number of unbranched alkanes of at least 4 members (excludes halogenated alkanes) is 9. The molecule has 0 radical (unpaired) electrons. The minimum absolute atomic E-state index is 0.0889. The third-order valence-electron chi connectivity index (χ3n) is 4.59. The minimum atomic E-state index is -0.304. The third-order valence-corrected chi connectivity index (χ3v) is 4.59. The van der Waals surface area contributed by atoms with E-state index in [0.717, 1.165) is 35.0 Å². The van der Waals surface area contributed by atoms with Crippen LogP contribution in [0.15, 0.2) is 12.7 Å². The molecule has 12 nitrogen and oxygen atoms in total. The molecular weight excluding hydrogens is 388 g/mol. The van der Waals surface area contributed by atoms with Gasteiger partial charge in [0.25, 0.3) is 0 Å². The van der Waals surface area contributed by atoms with Crippen molar-refractivity contribution in [2.75, 3.05) is 24.6 Å². The van der Waals surface area contributed by atoms with Gasteiger partial charge in [0.1, 0.15) is 12.7 Å². The molecule has 0 atom stereocenters. The van der Waals surface area contributed by atoms with Gasteiger partial charge in [-0.05, 0) is 12.8 Å². The second kappa shape index (κ2) is 13.1. The SMILES string of the molecule is Nc1ncn(C(=O)NCCCCCCCCCCCCNC(=O)n2cnc(N)n2)n1. The Kier molecular flexibility index (Phi) is 10.1. The number of carbonyl (C=O) groups is 2. The lowest BCUT2D eigenvalue weighted by Gasteiger charge is -2.05. The number of rotatable bonds is 13. The summed E-state index contributed by atoms with van der Waals surface area (Å²) in [5.74, 6) is 0.178. The van der Waals surface area contributed by atoms with Crippen LogP contribution in [0.3, 0.4) is 0 Å².